The minimum absolute atomic E-state index is 0.121. The van der Waals surface area contributed by atoms with Crippen molar-refractivity contribution in [2.75, 3.05) is 11.4 Å². The molecule has 0 N–H and O–H groups in total. The molecule has 0 bridgehead atoms. The molecule has 1 aliphatic rings. The number of rotatable bonds is 1. The molecule has 0 spiro atoms. The maximum absolute atomic E-state index is 11.7. The molecule has 2 unspecified atom stereocenters. The lowest BCUT2D eigenvalue weighted by atomic mass is 9.90. The van der Waals surface area contributed by atoms with Crippen LogP contribution in [0.25, 0.3) is 0 Å². The number of anilines is 1. The molecule has 1 aliphatic heterocycles. The number of piperidine rings is 1. The second kappa shape index (κ2) is 4.81. The number of carbonyl (C=O) groups is 1. The van der Waals surface area contributed by atoms with Crippen LogP contribution in [0.4, 0.5) is 5.69 Å². The number of ketones is 1. The van der Waals surface area contributed by atoms with Crippen molar-refractivity contribution < 1.29 is 4.79 Å². The molecule has 1 fully saturated rings. The van der Waals surface area contributed by atoms with Gasteiger partial charge < -0.3 is 4.90 Å². The summed E-state index contributed by atoms with van der Waals surface area (Å²) in [5.41, 5.74) is 2.44. The molecule has 1 aromatic carbocycles. The van der Waals surface area contributed by atoms with Crippen LogP contribution >= 0.6 is 15.9 Å². The SMILES string of the molecule is Cc1cccc(N2CCC(=O)C(C)C2C)c1Br. The molecule has 0 radical (unpaired) electrons. The number of benzene rings is 1. The number of hydrogen-bond donors (Lipinski definition) is 0. The van der Waals surface area contributed by atoms with Gasteiger partial charge in [-0.15, -0.1) is 0 Å². The van der Waals surface area contributed by atoms with Gasteiger partial charge in [-0.3, -0.25) is 4.79 Å². The van der Waals surface area contributed by atoms with E-state index < -0.39 is 0 Å². The fraction of sp³-hybridized carbons (Fsp3) is 0.500. The van der Waals surface area contributed by atoms with E-state index in [0.717, 1.165) is 11.0 Å². The average molecular weight is 296 g/mol. The van der Waals surface area contributed by atoms with E-state index in [1.165, 1.54) is 11.3 Å². The second-order valence-corrected chi connectivity index (χ2v) is 5.64. The van der Waals surface area contributed by atoms with E-state index in [-0.39, 0.29) is 12.0 Å². The van der Waals surface area contributed by atoms with Crippen LogP contribution in [0.1, 0.15) is 25.8 Å². The van der Waals surface area contributed by atoms with Gasteiger partial charge in [0.05, 0.1) is 5.69 Å². The largest absolute Gasteiger partial charge is 0.367 e. The number of Topliss-reactive ketones (excluding diaryl/α,β-unsaturated/α-hetero) is 1. The van der Waals surface area contributed by atoms with Crippen molar-refractivity contribution in [2.24, 2.45) is 5.92 Å². The Hall–Kier alpha value is -0.830. The molecule has 0 aliphatic carbocycles. The van der Waals surface area contributed by atoms with Crippen molar-refractivity contribution in [2.45, 2.75) is 33.2 Å². The summed E-state index contributed by atoms with van der Waals surface area (Å²) in [6, 6.07) is 6.56. The third-order valence-electron chi connectivity index (χ3n) is 3.80. The Morgan fingerprint density at radius 2 is 2.06 bits per heavy atom. The molecule has 92 valence electrons. The molecule has 1 saturated heterocycles. The van der Waals surface area contributed by atoms with Crippen LogP contribution in [0.5, 0.6) is 0 Å². The second-order valence-electron chi connectivity index (χ2n) is 4.85. The molecule has 3 heteroatoms. The van der Waals surface area contributed by atoms with Crippen LogP contribution in [0, 0.1) is 12.8 Å². The fourth-order valence-electron chi connectivity index (χ4n) is 2.39. The van der Waals surface area contributed by atoms with Crippen molar-refractivity contribution in [3.05, 3.63) is 28.2 Å². The lowest BCUT2D eigenvalue weighted by Crippen LogP contribution is -2.47. The van der Waals surface area contributed by atoms with E-state index in [9.17, 15) is 4.79 Å². The van der Waals surface area contributed by atoms with Gasteiger partial charge in [0.25, 0.3) is 0 Å². The number of halogens is 1. The monoisotopic (exact) mass is 295 g/mol. The predicted octanol–water partition coefficient (Wildman–Crippen LogP) is 3.56. The van der Waals surface area contributed by atoms with Crippen LogP contribution in [-0.4, -0.2) is 18.4 Å². The topological polar surface area (TPSA) is 20.3 Å². The number of nitrogens with zero attached hydrogens (tertiary/aromatic N) is 1. The third kappa shape index (κ3) is 2.25. The predicted molar refractivity (Wildman–Crippen MR) is 74.5 cm³/mol. The number of aryl methyl sites for hydroxylation is 1. The van der Waals surface area contributed by atoms with Crippen molar-refractivity contribution in [3.63, 3.8) is 0 Å². The summed E-state index contributed by atoms with van der Waals surface area (Å²) in [5.74, 6) is 0.508. The molecular formula is C14H18BrNO. The summed E-state index contributed by atoms with van der Waals surface area (Å²) in [4.78, 5) is 14.0. The molecular weight excluding hydrogens is 278 g/mol. The molecule has 0 aromatic heterocycles. The Bertz CT molecular complexity index is 444. The van der Waals surface area contributed by atoms with Gasteiger partial charge in [0.2, 0.25) is 0 Å². The normalized spacial score (nSPS) is 25.2. The molecule has 0 amide bonds. The van der Waals surface area contributed by atoms with Crippen molar-refractivity contribution in [3.8, 4) is 0 Å². The summed E-state index contributed by atoms with van der Waals surface area (Å²) in [6.07, 6.45) is 0.659. The maximum Gasteiger partial charge on any atom is 0.139 e. The van der Waals surface area contributed by atoms with Crippen molar-refractivity contribution >= 4 is 27.4 Å². The standard InChI is InChI=1S/C14H18BrNO/c1-9-5-4-6-12(14(9)15)16-8-7-13(17)10(2)11(16)3/h4-6,10-11H,7-8H2,1-3H3. The first-order chi connectivity index (χ1) is 8.02. The average Bonchev–Trinajstić information content (AvgIpc) is 2.31. The lowest BCUT2D eigenvalue weighted by Gasteiger charge is -2.39. The van der Waals surface area contributed by atoms with Gasteiger partial charge in [0.15, 0.2) is 0 Å². The van der Waals surface area contributed by atoms with E-state index in [1.807, 2.05) is 6.92 Å². The zero-order valence-electron chi connectivity index (χ0n) is 10.5. The first kappa shape index (κ1) is 12.6. The molecule has 17 heavy (non-hydrogen) atoms. The summed E-state index contributed by atoms with van der Waals surface area (Å²) < 4.78 is 1.15. The van der Waals surface area contributed by atoms with Gasteiger partial charge in [0.1, 0.15) is 5.78 Å². The van der Waals surface area contributed by atoms with Crippen LogP contribution in [0.2, 0.25) is 0 Å². The first-order valence-electron chi connectivity index (χ1n) is 6.07. The van der Waals surface area contributed by atoms with E-state index in [0.29, 0.717) is 12.2 Å². The lowest BCUT2D eigenvalue weighted by molar-refractivity contribution is -0.123. The first-order valence-corrected chi connectivity index (χ1v) is 6.86. The van der Waals surface area contributed by atoms with Gasteiger partial charge in [-0.1, -0.05) is 19.1 Å². The molecule has 2 nitrogen and oxygen atoms in total. The van der Waals surface area contributed by atoms with Crippen LogP contribution in [0.15, 0.2) is 22.7 Å². The minimum Gasteiger partial charge on any atom is -0.367 e. The van der Waals surface area contributed by atoms with Crippen LogP contribution in [0.3, 0.4) is 0 Å². The summed E-state index contributed by atoms with van der Waals surface area (Å²) in [6.45, 7) is 7.09. The summed E-state index contributed by atoms with van der Waals surface area (Å²) in [7, 11) is 0. The maximum atomic E-state index is 11.7. The Kier molecular flexibility index (Phi) is 3.57. The number of hydrogen-bond acceptors (Lipinski definition) is 2. The zero-order chi connectivity index (χ0) is 12.6. The Balaban J connectivity index is 2.34. The van der Waals surface area contributed by atoms with Gasteiger partial charge in [-0.25, -0.2) is 0 Å². The molecule has 0 saturated carbocycles. The van der Waals surface area contributed by atoms with E-state index in [2.05, 4.69) is 52.9 Å². The Morgan fingerprint density at radius 1 is 1.35 bits per heavy atom. The van der Waals surface area contributed by atoms with Crippen molar-refractivity contribution in [1.29, 1.82) is 0 Å². The highest BCUT2D eigenvalue weighted by atomic mass is 79.9. The molecule has 1 aromatic rings. The Morgan fingerprint density at radius 3 is 2.76 bits per heavy atom. The van der Waals surface area contributed by atoms with Crippen LogP contribution < -0.4 is 4.90 Å². The van der Waals surface area contributed by atoms with Gasteiger partial charge in [-0.2, -0.15) is 0 Å². The molecule has 1 heterocycles. The molecule has 2 atom stereocenters. The summed E-state index contributed by atoms with van der Waals surface area (Å²) in [5, 5.41) is 0. The van der Waals surface area contributed by atoms with E-state index >= 15 is 0 Å². The van der Waals surface area contributed by atoms with Gasteiger partial charge in [0, 0.05) is 29.4 Å². The van der Waals surface area contributed by atoms with Crippen molar-refractivity contribution in [1.82, 2.24) is 0 Å². The highest BCUT2D eigenvalue weighted by molar-refractivity contribution is 9.10. The smallest absolute Gasteiger partial charge is 0.139 e. The Labute approximate surface area is 111 Å². The third-order valence-corrected chi connectivity index (χ3v) is 4.83. The van der Waals surface area contributed by atoms with Gasteiger partial charge >= 0.3 is 0 Å². The minimum atomic E-state index is 0.121. The molecule has 2 rings (SSSR count). The van der Waals surface area contributed by atoms with E-state index in [4.69, 9.17) is 0 Å². The van der Waals surface area contributed by atoms with E-state index in [1.54, 1.807) is 0 Å². The highest BCUT2D eigenvalue weighted by Gasteiger charge is 2.31. The summed E-state index contributed by atoms with van der Waals surface area (Å²) >= 11 is 3.65. The number of carbonyl (C=O) groups excluding carboxylic acids is 1. The quantitative estimate of drug-likeness (QED) is 0.789. The fourth-order valence-corrected chi connectivity index (χ4v) is 2.89. The highest BCUT2D eigenvalue weighted by Crippen LogP contribution is 2.34. The van der Waals surface area contributed by atoms with Gasteiger partial charge in [-0.05, 0) is 41.4 Å². The zero-order valence-corrected chi connectivity index (χ0v) is 12.1. The van der Waals surface area contributed by atoms with Crippen LogP contribution in [-0.2, 0) is 4.79 Å².